The molecule has 0 spiro atoms. The summed E-state index contributed by atoms with van der Waals surface area (Å²) in [6.07, 6.45) is 11.1. The summed E-state index contributed by atoms with van der Waals surface area (Å²) in [6, 6.07) is 18.1. The maximum atomic E-state index is 14.6. The van der Waals surface area contributed by atoms with Gasteiger partial charge in [0.1, 0.15) is 5.83 Å². The second-order valence-corrected chi connectivity index (χ2v) is 7.62. The molecule has 0 amide bonds. The van der Waals surface area contributed by atoms with Crippen molar-refractivity contribution in [1.29, 1.82) is 0 Å². The molecule has 0 aliphatic heterocycles. The first-order valence-corrected chi connectivity index (χ1v) is 9.81. The standard InChI is InChI=1S/C25H24FN3/c1-19(29(22-10-6-14-27-17-22)23-11-7-15-28-18-23)25(2)16-21(26)12-13-24(25)20-8-4-3-5-9-20/h3-15,17-19H,16H2,1-2H3. The summed E-state index contributed by atoms with van der Waals surface area (Å²) >= 11 is 0. The van der Waals surface area contributed by atoms with E-state index >= 15 is 0 Å². The van der Waals surface area contributed by atoms with Crippen LogP contribution >= 0.6 is 0 Å². The van der Waals surface area contributed by atoms with Gasteiger partial charge < -0.3 is 4.90 Å². The second kappa shape index (κ2) is 8.00. The number of aromatic nitrogens is 2. The van der Waals surface area contributed by atoms with Crippen molar-refractivity contribution in [1.82, 2.24) is 9.97 Å². The Morgan fingerprint density at radius 1 is 0.897 bits per heavy atom. The van der Waals surface area contributed by atoms with Gasteiger partial charge in [-0.3, -0.25) is 9.97 Å². The monoisotopic (exact) mass is 385 g/mol. The summed E-state index contributed by atoms with van der Waals surface area (Å²) in [5.41, 5.74) is 3.70. The third kappa shape index (κ3) is 3.70. The Bertz CT molecular complexity index is 976. The zero-order valence-electron chi connectivity index (χ0n) is 16.7. The number of benzene rings is 1. The number of allylic oxidation sites excluding steroid dienone is 3. The highest BCUT2D eigenvalue weighted by Gasteiger charge is 2.42. The van der Waals surface area contributed by atoms with Gasteiger partial charge >= 0.3 is 0 Å². The van der Waals surface area contributed by atoms with Crippen LogP contribution in [0, 0.1) is 5.41 Å². The normalized spacial score (nSPS) is 19.8. The van der Waals surface area contributed by atoms with Crippen LogP contribution in [0.25, 0.3) is 5.57 Å². The molecule has 29 heavy (non-hydrogen) atoms. The fourth-order valence-electron chi connectivity index (χ4n) is 4.16. The van der Waals surface area contributed by atoms with Crippen LogP contribution in [0.1, 0.15) is 25.8 Å². The maximum absolute atomic E-state index is 14.6. The molecule has 0 fully saturated rings. The van der Waals surface area contributed by atoms with Crippen molar-refractivity contribution in [3.05, 3.63) is 103 Å². The smallest absolute Gasteiger partial charge is 0.101 e. The topological polar surface area (TPSA) is 29.0 Å². The van der Waals surface area contributed by atoms with E-state index in [9.17, 15) is 4.39 Å². The minimum atomic E-state index is -0.453. The largest absolute Gasteiger partial charge is 0.335 e. The van der Waals surface area contributed by atoms with Crippen molar-refractivity contribution in [2.45, 2.75) is 26.3 Å². The Balaban J connectivity index is 1.83. The Hall–Kier alpha value is -3.27. The van der Waals surface area contributed by atoms with Gasteiger partial charge in [-0.15, -0.1) is 0 Å². The molecule has 146 valence electrons. The van der Waals surface area contributed by atoms with Crippen LogP contribution in [0.3, 0.4) is 0 Å². The molecule has 0 N–H and O–H groups in total. The molecule has 1 aromatic carbocycles. The highest BCUT2D eigenvalue weighted by Crippen LogP contribution is 2.49. The second-order valence-electron chi connectivity index (χ2n) is 7.62. The van der Waals surface area contributed by atoms with Crippen molar-refractivity contribution in [2.75, 3.05) is 4.90 Å². The predicted molar refractivity (Wildman–Crippen MR) is 116 cm³/mol. The zero-order valence-corrected chi connectivity index (χ0v) is 16.7. The van der Waals surface area contributed by atoms with Gasteiger partial charge in [0, 0.05) is 30.3 Å². The third-order valence-corrected chi connectivity index (χ3v) is 5.82. The lowest BCUT2D eigenvalue weighted by molar-refractivity contribution is 0.331. The van der Waals surface area contributed by atoms with E-state index in [1.54, 1.807) is 18.5 Å². The van der Waals surface area contributed by atoms with Crippen LogP contribution in [0.5, 0.6) is 0 Å². The number of halogens is 1. The van der Waals surface area contributed by atoms with Crippen molar-refractivity contribution >= 4 is 16.9 Å². The molecule has 2 heterocycles. The average molecular weight is 385 g/mol. The van der Waals surface area contributed by atoms with Crippen LogP contribution < -0.4 is 4.90 Å². The van der Waals surface area contributed by atoms with Crippen LogP contribution in [0.4, 0.5) is 15.8 Å². The maximum Gasteiger partial charge on any atom is 0.101 e. The molecule has 1 aliphatic carbocycles. The Kier molecular flexibility index (Phi) is 5.26. The van der Waals surface area contributed by atoms with Gasteiger partial charge in [0.25, 0.3) is 0 Å². The van der Waals surface area contributed by atoms with Gasteiger partial charge in [-0.2, -0.15) is 0 Å². The van der Waals surface area contributed by atoms with Gasteiger partial charge in [0.15, 0.2) is 0 Å². The van der Waals surface area contributed by atoms with E-state index in [-0.39, 0.29) is 11.9 Å². The highest BCUT2D eigenvalue weighted by molar-refractivity contribution is 5.76. The highest BCUT2D eigenvalue weighted by atomic mass is 19.1. The molecule has 3 aromatic rings. The average Bonchev–Trinajstić information content (AvgIpc) is 2.76. The third-order valence-electron chi connectivity index (χ3n) is 5.82. The molecule has 1 aliphatic rings. The number of nitrogens with zero attached hydrogens (tertiary/aromatic N) is 3. The molecule has 4 heteroatoms. The summed E-state index contributed by atoms with van der Waals surface area (Å²) in [5, 5.41) is 0. The SMILES string of the molecule is CC(N(c1cccnc1)c1cccnc1)C1(C)CC(F)=CC=C1c1ccccc1. The first-order chi connectivity index (χ1) is 14.1. The lowest BCUT2D eigenvalue weighted by Crippen LogP contribution is -2.44. The van der Waals surface area contributed by atoms with Gasteiger partial charge in [0.05, 0.1) is 23.8 Å². The molecule has 0 radical (unpaired) electrons. The lowest BCUT2D eigenvalue weighted by Gasteiger charge is -2.45. The number of anilines is 2. The van der Waals surface area contributed by atoms with Gasteiger partial charge in [-0.05, 0) is 48.4 Å². The number of hydrogen-bond acceptors (Lipinski definition) is 3. The fraction of sp³-hybridized carbons (Fsp3) is 0.200. The van der Waals surface area contributed by atoms with Crippen molar-refractivity contribution in [2.24, 2.45) is 5.41 Å². The summed E-state index contributed by atoms with van der Waals surface area (Å²) in [4.78, 5) is 10.8. The molecule has 3 nitrogen and oxygen atoms in total. The Morgan fingerprint density at radius 2 is 1.52 bits per heavy atom. The minimum Gasteiger partial charge on any atom is -0.335 e. The van der Waals surface area contributed by atoms with Crippen LogP contribution in [-0.2, 0) is 0 Å². The van der Waals surface area contributed by atoms with E-state index in [2.05, 4.69) is 40.8 Å². The molecule has 4 rings (SSSR count). The molecule has 2 aromatic heterocycles. The van der Waals surface area contributed by atoms with E-state index in [1.807, 2.05) is 60.9 Å². The minimum absolute atomic E-state index is 0.0539. The van der Waals surface area contributed by atoms with Gasteiger partial charge in [-0.1, -0.05) is 43.3 Å². The van der Waals surface area contributed by atoms with E-state index < -0.39 is 5.41 Å². The molecule has 0 bridgehead atoms. The summed E-state index contributed by atoms with van der Waals surface area (Å²) < 4.78 is 14.6. The number of hydrogen-bond donors (Lipinski definition) is 0. The van der Waals surface area contributed by atoms with Crippen LogP contribution in [0.2, 0.25) is 0 Å². The number of rotatable bonds is 5. The lowest BCUT2D eigenvalue weighted by atomic mass is 9.68. The predicted octanol–water partition coefficient (Wildman–Crippen LogP) is 6.35. The molecule has 2 atom stereocenters. The first-order valence-electron chi connectivity index (χ1n) is 9.81. The number of pyridine rings is 2. The summed E-state index contributed by atoms with van der Waals surface area (Å²) in [7, 11) is 0. The zero-order chi connectivity index (χ0) is 20.3. The van der Waals surface area contributed by atoms with E-state index in [4.69, 9.17) is 0 Å². The summed E-state index contributed by atoms with van der Waals surface area (Å²) in [6.45, 7) is 4.29. The van der Waals surface area contributed by atoms with E-state index in [0.29, 0.717) is 6.42 Å². The van der Waals surface area contributed by atoms with Crippen molar-refractivity contribution in [3.63, 3.8) is 0 Å². The molecular formula is C25H24FN3. The van der Waals surface area contributed by atoms with Gasteiger partial charge in [-0.25, -0.2) is 4.39 Å². The molecule has 0 saturated heterocycles. The van der Waals surface area contributed by atoms with E-state index in [1.165, 1.54) is 0 Å². The molecule has 0 saturated carbocycles. The van der Waals surface area contributed by atoms with Gasteiger partial charge in [0.2, 0.25) is 0 Å². The van der Waals surface area contributed by atoms with Crippen LogP contribution in [0.15, 0.2) is 97.4 Å². The van der Waals surface area contributed by atoms with Crippen molar-refractivity contribution < 1.29 is 4.39 Å². The van der Waals surface area contributed by atoms with Crippen molar-refractivity contribution in [3.8, 4) is 0 Å². The first kappa shape index (κ1) is 19.1. The molecule has 2 unspecified atom stereocenters. The van der Waals surface area contributed by atoms with E-state index in [0.717, 1.165) is 22.5 Å². The molecular weight excluding hydrogens is 361 g/mol. The summed E-state index contributed by atoms with van der Waals surface area (Å²) in [5.74, 6) is -0.101. The Morgan fingerprint density at radius 3 is 2.07 bits per heavy atom. The Labute approximate surface area is 171 Å². The quantitative estimate of drug-likeness (QED) is 0.512. The van der Waals surface area contributed by atoms with Crippen LogP contribution in [-0.4, -0.2) is 16.0 Å². The fourth-order valence-corrected chi connectivity index (χ4v) is 4.16.